The number of nitrogens with two attached hydrogens (primary N) is 1. The molecular weight excluding hydrogens is 278 g/mol. The van der Waals surface area contributed by atoms with E-state index in [1.165, 1.54) is 0 Å². The third-order valence-electron chi connectivity index (χ3n) is 4.75. The molecule has 0 radical (unpaired) electrons. The maximum Gasteiger partial charge on any atom is 0.229 e. The fourth-order valence-corrected chi connectivity index (χ4v) is 2.95. The molecule has 120 valence electrons. The van der Waals surface area contributed by atoms with Crippen LogP contribution in [0, 0.1) is 5.41 Å². The van der Waals surface area contributed by atoms with E-state index in [0.29, 0.717) is 32.4 Å². The third-order valence-corrected chi connectivity index (χ3v) is 4.75. The van der Waals surface area contributed by atoms with Gasteiger partial charge in [-0.3, -0.25) is 9.59 Å². The Hall–Kier alpha value is -1.88. The van der Waals surface area contributed by atoms with Crippen LogP contribution in [0.3, 0.4) is 0 Å². The summed E-state index contributed by atoms with van der Waals surface area (Å²) >= 11 is 0. The molecule has 0 aliphatic carbocycles. The summed E-state index contributed by atoms with van der Waals surface area (Å²) in [5.74, 6) is 0.00978. The van der Waals surface area contributed by atoms with E-state index in [2.05, 4.69) is 5.32 Å². The second kappa shape index (κ2) is 6.92. The quantitative estimate of drug-likeness (QED) is 0.839. The highest BCUT2D eigenvalue weighted by molar-refractivity contribution is 5.97. The van der Waals surface area contributed by atoms with Crippen molar-refractivity contribution in [2.45, 2.75) is 39.2 Å². The molecule has 1 aliphatic rings. The Labute approximate surface area is 131 Å². The number of carbonyl (C=O) groups excluding carboxylic acids is 2. The van der Waals surface area contributed by atoms with Crippen molar-refractivity contribution in [1.29, 1.82) is 0 Å². The molecule has 0 spiro atoms. The van der Waals surface area contributed by atoms with Crippen LogP contribution in [0.4, 0.5) is 5.69 Å². The summed E-state index contributed by atoms with van der Waals surface area (Å²) < 4.78 is 0. The first kappa shape index (κ1) is 16.5. The molecule has 0 bridgehead atoms. The SMILES string of the molecule is CCC(CC)(CN)C(=O)NC1CC(=O)N(c2ccccc2)C1. The Balaban J connectivity index is 2.04. The van der Waals surface area contributed by atoms with Crippen molar-refractivity contribution in [2.24, 2.45) is 11.1 Å². The highest BCUT2D eigenvalue weighted by Gasteiger charge is 2.37. The van der Waals surface area contributed by atoms with E-state index in [-0.39, 0.29) is 17.9 Å². The molecule has 0 aromatic heterocycles. The minimum atomic E-state index is -0.525. The lowest BCUT2D eigenvalue weighted by Crippen LogP contribution is -2.49. The molecule has 5 heteroatoms. The molecule has 22 heavy (non-hydrogen) atoms. The molecule has 3 N–H and O–H groups in total. The number of para-hydroxylation sites is 1. The Morgan fingerprint density at radius 2 is 1.95 bits per heavy atom. The van der Waals surface area contributed by atoms with Crippen molar-refractivity contribution < 1.29 is 9.59 Å². The van der Waals surface area contributed by atoms with E-state index in [4.69, 9.17) is 5.73 Å². The van der Waals surface area contributed by atoms with Crippen LogP contribution in [-0.2, 0) is 9.59 Å². The Kier molecular flexibility index (Phi) is 5.19. The average Bonchev–Trinajstić information content (AvgIpc) is 2.91. The van der Waals surface area contributed by atoms with E-state index in [1.54, 1.807) is 4.90 Å². The summed E-state index contributed by atoms with van der Waals surface area (Å²) in [7, 11) is 0. The third kappa shape index (κ3) is 3.14. The van der Waals surface area contributed by atoms with Crippen LogP contribution >= 0.6 is 0 Å². The van der Waals surface area contributed by atoms with Gasteiger partial charge in [0.1, 0.15) is 0 Å². The lowest BCUT2D eigenvalue weighted by molar-refractivity contribution is -0.131. The maximum absolute atomic E-state index is 12.5. The van der Waals surface area contributed by atoms with Gasteiger partial charge in [0.05, 0.1) is 11.5 Å². The number of nitrogens with one attached hydrogen (secondary N) is 1. The van der Waals surface area contributed by atoms with Crippen molar-refractivity contribution in [3.05, 3.63) is 30.3 Å². The molecular formula is C17H25N3O2. The molecule has 1 aromatic carbocycles. The van der Waals surface area contributed by atoms with Gasteiger partial charge in [0.2, 0.25) is 11.8 Å². The molecule has 1 heterocycles. The number of benzene rings is 1. The lowest BCUT2D eigenvalue weighted by atomic mass is 9.81. The van der Waals surface area contributed by atoms with Gasteiger partial charge < -0.3 is 16.0 Å². The molecule has 1 fully saturated rings. The number of anilines is 1. The predicted octanol–water partition coefficient (Wildman–Crippen LogP) is 1.67. The first-order valence-electron chi connectivity index (χ1n) is 7.92. The lowest BCUT2D eigenvalue weighted by Gasteiger charge is -2.30. The summed E-state index contributed by atoms with van der Waals surface area (Å²) in [6, 6.07) is 9.39. The van der Waals surface area contributed by atoms with E-state index < -0.39 is 5.41 Å². The fourth-order valence-electron chi connectivity index (χ4n) is 2.95. The number of rotatable bonds is 6. The van der Waals surface area contributed by atoms with Crippen LogP contribution in [0.15, 0.2) is 30.3 Å². The molecule has 1 atom stereocenters. The van der Waals surface area contributed by atoms with Crippen LogP contribution in [-0.4, -0.2) is 30.9 Å². The van der Waals surface area contributed by atoms with Gasteiger partial charge in [0.15, 0.2) is 0 Å². The van der Waals surface area contributed by atoms with Crippen molar-refractivity contribution in [3.8, 4) is 0 Å². The van der Waals surface area contributed by atoms with Gasteiger partial charge in [0, 0.05) is 25.2 Å². The van der Waals surface area contributed by atoms with Crippen LogP contribution in [0.1, 0.15) is 33.1 Å². The summed E-state index contributed by atoms with van der Waals surface area (Å²) in [5, 5.41) is 3.02. The number of hydrogen-bond donors (Lipinski definition) is 2. The second-order valence-corrected chi connectivity index (χ2v) is 5.91. The Bertz CT molecular complexity index is 518. The Morgan fingerprint density at radius 1 is 1.32 bits per heavy atom. The topological polar surface area (TPSA) is 75.4 Å². The minimum absolute atomic E-state index is 0.0345. The van der Waals surface area contributed by atoms with Gasteiger partial charge in [-0.05, 0) is 25.0 Å². The van der Waals surface area contributed by atoms with Crippen molar-refractivity contribution in [3.63, 3.8) is 0 Å². The minimum Gasteiger partial charge on any atom is -0.351 e. The maximum atomic E-state index is 12.5. The first-order chi connectivity index (χ1) is 10.6. The zero-order valence-corrected chi connectivity index (χ0v) is 13.3. The summed E-state index contributed by atoms with van der Waals surface area (Å²) in [6.07, 6.45) is 1.75. The van der Waals surface area contributed by atoms with Crippen LogP contribution in [0.25, 0.3) is 0 Å². The van der Waals surface area contributed by atoms with Crippen LogP contribution in [0.2, 0.25) is 0 Å². The molecule has 2 amide bonds. The molecule has 1 aliphatic heterocycles. The van der Waals surface area contributed by atoms with E-state index in [1.807, 2.05) is 44.2 Å². The van der Waals surface area contributed by atoms with Gasteiger partial charge in [-0.2, -0.15) is 0 Å². The normalized spacial score (nSPS) is 18.6. The van der Waals surface area contributed by atoms with Gasteiger partial charge in [-0.15, -0.1) is 0 Å². The molecule has 0 saturated carbocycles. The van der Waals surface area contributed by atoms with E-state index in [9.17, 15) is 9.59 Å². The molecule has 1 aromatic rings. The predicted molar refractivity (Wildman–Crippen MR) is 87.4 cm³/mol. The van der Waals surface area contributed by atoms with Gasteiger partial charge in [-0.25, -0.2) is 0 Å². The zero-order chi connectivity index (χ0) is 16.2. The number of hydrogen-bond acceptors (Lipinski definition) is 3. The fraction of sp³-hybridized carbons (Fsp3) is 0.529. The van der Waals surface area contributed by atoms with Crippen molar-refractivity contribution in [1.82, 2.24) is 5.32 Å². The van der Waals surface area contributed by atoms with Crippen LogP contribution in [0.5, 0.6) is 0 Å². The monoisotopic (exact) mass is 303 g/mol. The first-order valence-corrected chi connectivity index (χ1v) is 7.92. The number of carbonyl (C=O) groups is 2. The molecule has 2 rings (SSSR count). The van der Waals surface area contributed by atoms with Crippen molar-refractivity contribution >= 4 is 17.5 Å². The van der Waals surface area contributed by atoms with Gasteiger partial charge in [0.25, 0.3) is 0 Å². The van der Waals surface area contributed by atoms with E-state index >= 15 is 0 Å². The zero-order valence-electron chi connectivity index (χ0n) is 13.3. The number of amides is 2. The standard InChI is InChI=1S/C17H25N3O2/c1-3-17(4-2,12-18)16(22)19-13-10-15(21)20(11-13)14-8-6-5-7-9-14/h5-9,13H,3-4,10-12,18H2,1-2H3,(H,19,22). The summed E-state index contributed by atoms with van der Waals surface area (Å²) in [6.45, 7) is 4.80. The van der Waals surface area contributed by atoms with Gasteiger partial charge >= 0.3 is 0 Å². The molecule has 1 saturated heterocycles. The number of nitrogens with zero attached hydrogens (tertiary/aromatic N) is 1. The molecule has 5 nitrogen and oxygen atoms in total. The highest BCUT2D eigenvalue weighted by Crippen LogP contribution is 2.27. The molecule has 1 unspecified atom stereocenters. The smallest absolute Gasteiger partial charge is 0.229 e. The summed E-state index contributed by atoms with van der Waals surface area (Å²) in [5.41, 5.74) is 6.16. The van der Waals surface area contributed by atoms with E-state index in [0.717, 1.165) is 5.69 Å². The summed E-state index contributed by atoms with van der Waals surface area (Å²) in [4.78, 5) is 26.4. The van der Waals surface area contributed by atoms with Crippen LogP contribution < -0.4 is 16.0 Å². The highest BCUT2D eigenvalue weighted by atomic mass is 16.2. The van der Waals surface area contributed by atoms with Gasteiger partial charge in [-0.1, -0.05) is 32.0 Å². The largest absolute Gasteiger partial charge is 0.351 e. The Morgan fingerprint density at radius 3 is 2.50 bits per heavy atom. The van der Waals surface area contributed by atoms with Crippen molar-refractivity contribution in [2.75, 3.05) is 18.0 Å². The average molecular weight is 303 g/mol. The second-order valence-electron chi connectivity index (χ2n) is 5.91.